The number of nitrogens with zero attached hydrogens (tertiary/aromatic N) is 5. The molecule has 0 aliphatic carbocycles. The van der Waals surface area contributed by atoms with Crippen LogP contribution in [0.5, 0.6) is 0 Å². The van der Waals surface area contributed by atoms with E-state index in [9.17, 15) is 0 Å². The molecule has 1 unspecified atom stereocenters. The van der Waals surface area contributed by atoms with Crippen LogP contribution in [0.4, 0.5) is 85.3 Å². The summed E-state index contributed by atoms with van der Waals surface area (Å²) in [7, 11) is 0. The zero-order valence-corrected chi connectivity index (χ0v) is 47.1. The van der Waals surface area contributed by atoms with E-state index < -0.39 is 0 Å². The van der Waals surface area contributed by atoms with Gasteiger partial charge in [0.15, 0.2) is 0 Å². The molecule has 0 radical (unpaired) electrons. The summed E-state index contributed by atoms with van der Waals surface area (Å²) in [4.78, 5) is 12.5. The third-order valence-electron chi connectivity index (χ3n) is 18.0. The van der Waals surface area contributed by atoms with Crippen LogP contribution < -0.4 is 57.3 Å². The lowest BCUT2D eigenvalue weighted by molar-refractivity contribution is 0.982. The molecule has 1 atom stereocenters. The second-order valence-corrected chi connectivity index (χ2v) is 22.8. The smallest absolute Gasteiger partial charge is 0.252 e. The topological polar surface area (TPSA) is 16.2 Å². The number of rotatable bonds is 10. The van der Waals surface area contributed by atoms with Gasteiger partial charge in [0.2, 0.25) is 6.71 Å². The zero-order chi connectivity index (χ0) is 56.7. The number of anilines is 15. The molecule has 86 heavy (non-hydrogen) atoms. The molecule has 13 aromatic carbocycles. The molecule has 0 saturated carbocycles. The van der Waals surface area contributed by atoms with Gasteiger partial charge >= 0.3 is 0 Å². The highest BCUT2D eigenvalue weighted by Gasteiger charge is 2.49. The first-order valence-electron chi connectivity index (χ1n) is 29.9. The van der Waals surface area contributed by atoms with Gasteiger partial charge in [-0.1, -0.05) is 206 Å². The molecule has 402 valence electrons. The summed E-state index contributed by atoms with van der Waals surface area (Å²) in [5, 5.41) is 0. The molecule has 7 heteroatoms. The number of hydrogen-bond acceptors (Lipinski definition) is 5. The highest BCUT2D eigenvalue weighted by molar-refractivity contribution is 7.02. The average Bonchev–Trinajstić information content (AvgIpc) is 0.705. The lowest BCUT2D eigenvalue weighted by Crippen LogP contribution is -2.65. The summed E-state index contributed by atoms with van der Waals surface area (Å²) in [6.45, 7) is -0.235. The molecule has 0 bridgehead atoms. The van der Waals surface area contributed by atoms with Crippen molar-refractivity contribution in [2.24, 2.45) is 0 Å². The van der Waals surface area contributed by atoms with Gasteiger partial charge in [0.25, 0.3) is 6.71 Å². The van der Waals surface area contributed by atoms with Crippen molar-refractivity contribution < 1.29 is 0 Å². The van der Waals surface area contributed by atoms with Crippen LogP contribution in [0.2, 0.25) is 0 Å². The minimum absolute atomic E-state index is 0.106. The SMILES string of the molecule is c1ccc(C2c3cc4c(cc3B3c5ccccc5N(c5ccccc5)c5cc(N(c6ccccc6)c6ccccc6)cc2c53)B2c3ccccc3N(c3ccccc3)c3cc(N(c5ccccc5)c5ccccc5)cc(c32)N4c2ccccc2)cc1. The Morgan fingerprint density at radius 1 is 0.233 bits per heavy atom. The molecule has 0 spiro atoms. The molecule has 0 fully saturated rings. The predicted molar refractivity (Wildman–Crippen MR) is 363 cm³/mol. The summed E-state index contributed by atoms with van der Waals surface area (Å²) in [6, 6.07) is 121. The standard InChI is InChI=1S/C79H55B2N5/c1-9-29-55(30-10-1)77-65-53-73-70(54-69(65)80-67-45-25-27-47-71(67)84(60-39-19-6-20-40-60)74-50-63(49-66(77)78(74)80)82(56-31-11-2-12-32-56)57-33-13-3-14-34-57)81-68-46-26-28-48-72(68)85(61-41-21-7-22-42-61)75-51-64(52-76(79(75)81)86(73)62-43-23-8-24-44-62)83(58-35-15-4-16-36-58)59-37-17-5-18-38-59/h1-54,77H. The Balaban J connectivity index is 0.995. The van der Waals surface area contributed by atoms with Gasteiger partial charge in [0, 0.05) is 85.5 Å². The van der Waals surface area contributed by atoms with Crippen LogP contribution in [-0.4, -0.2) is 13.4 Å². The summed E-state index contributed by atoms with van der Waals surface area (Å²) in [5.74, 6) is -0.155. The van der Waals surface area contributed by atoms with Gasteiger partial charge in [-0.25, -0.2) is 0 Å². The van der Waals surface area contributed by atoms with Gasteiger partial charge in [-0.05, 0) is 171 Å². The monoisotopic (exact) mass is 1100 g/mol. The van der Waals surface area contributed by atoms with Gasteiger partial charge in [0.05, 0.1) is 5.69 Å². The number of benzene rings is 13. The third kappa shape index (κ3) is 7.89. The number of para-hydroxylation sites is 9. The summed E-state index contributed by atoms with van der Waals surface area (Å²) in [5.41, 5.74) is 28.5. The fraction of sp³-hybridized carbons (Fsp3) is 0.0127. The molecule has 0 N–H and O–H groups in total. The highest BCUT2D eigenvalue weighted by atomic mass is 15.2. The Morgan fingerprint density at radius 2 is 0.570 bits per heavy atom. The van der Waals surface area contributed by atoms with Crippen molar-refractivity contribution in [2.45, 2.75) is 5.92 Å². The fourth-order valence-electron chi connectivity index (χ4n) is 14.6. The van der Waals surface area contributed by atoms with Crippen molar-refractivity contribution in [1.82, 2.24) is 0 Å². The van der Waals surface area contributed by atoms with Crippen molar-refractivity contribution in [3.8, 4) is 0 Å². The molecule has 0 saturated heterocycles. The summed E-state index contributed by atoms with van der Waals surface area (Å²) < 4.78 is 0. The van der Waals surface area contributed by atoms with Crippen LogP contribution >= 0.6 is 0 Å². The van der Waals surface area contributed by atoms with E-state index in [1.807, 2.05) is 0 Å². The van der Waals surface area contributed by atoms with Gasteiger partial charge in [-0.2, -0.15) is 0 Å². The molecule has 0 aromatic heterocycles. The van der Waals surface area contributed by atoms with Crippen molar-refractivity contribution in [3.05, 3.63) is 344 Å². The number of hydrogen-bond donors (Lipinski definition) is 0. The molecule has 4 aliphatic heterocycles. The maximum atomic E-state index is 2.66. The Morgan fingerprint density at radius 3 is 1.00 bits per heavy atom. The maximum absolute atomic E-state index is 2.66. The van der Waals surface area contributed by atoms with Gasteiger partial charge in [-0.15, -0.1) is 0 Å². The van der Waals surface area contributed by atoms with E-state index in [1.165, 1.54) is 72.2 Å². The van der Waals surface area contributed by atoms with Crippen LogP contribution in [0.1, 0.15) is 22.6 Å². The van der Waals surface area contributed by atoms with E-state index in [1.54, 1.807) is 0 Å². The molecular weight excluding hydrogens is 1040 g/mol. The quantitative estimate of drug-likeness (QED) is 0.127. The Labute approximate surface area is 503 Å². The average molecular weight is 1100 g/mol. The second kappa shape index (κ2) is 20.4. The molecule has 4 heterocycles. The van der Waals surface area contributed by atoms with Crippen LogP contribution in [0.15, 0.2) is 328 Å². The predicted octanol–water partition coefficient (Wildman–Crippen LogP) is 16.5. The first-order chi connectivity index (χ1) is 42.7. The van der Waals surface area contributed by atoms with Gasteiger partial charge in [-0.3, -0.25) is 0 Å². The lowest BCUT2D eigenvalue weighted by atomic mass is 9.28. The third-order valence-corrected chi connectivity index (χ3v) is 18.0. The minimum atomic E-state index is -0.155. The van der Waals surface area contributed by atoms with E-state index >= 15 is 0 Å². The molecular formula is C79H55B2N5. The van der Waals surface area contributed by atoms with Crippen molar-refractivity contribution in [1.29, 1.82) is 0 Å². The number of fused-ring (bicyclic) bond motifs is 8. The van der Waals surface area contributed by atoms with Crippen molar-refractivity contribution in [2.75, 3.05) is 24.5 Å². The summed E-state index contributed by atoms with van der Waals surface area (Å²) in [6.07, 6.45) is 0. The van der Waals surface area contributed by atoms with E-state index in [2.05, 4.69) is 352 Å². The normalized spacial score (nSPS) is 13.8. The highest BCUT2D eigenvalue weighted by Crippen LogP contribution is 2.51. The van der Waals surface area contributed by atoms with E-state index in [0.717, 1.165) is 62.6 Å². The zero-order valence-electron chi connectivity index (χ0n) is 47.1. The Bertz CT molecular complexity index is 4300. The van der Waals surface area contributed by atoms with E-state index in [4.69, 9.17) is 0 Å². The summed E-state index contributed by atoms with van der Waals surface area (Å²) >= 11 is 0. The van der Waals surface area contributed by atoms with Crippen molar-refractivity contribution in [3.63, 3.8) is 0 Å². The van der Waals surface area contributed by atoms with Gasteiger partial charge < -0.3 is 24.5 Å². The maximum Gasteiger partial charge on any atom is 0.252 e. The van der Waals surface area contributed by atoms with E-state index in [-0.39, 0.29) is 19.3 Å². The molecule has 5 nitrogen and oxygen atoms in total. The largest absolute Gasteiger partial charge is 0.311 e. The van der Waals surface area contributed by atoms with Crippen LogP contribution in [0.3, 0.4) is 0 Å². The van der Waals surface area contributed by atoms with Crippen molar-refractivity contribution >= 4 is 132 Å². The van der Waals surface area contributed by atoms with Crippen LogP contribution in [0, 0.1) is 0 Å². The van der Waals surface area contributed by atoms with Gasteiger partial charge in [0.1, 0.15) is 0 Å². The minimum Gasteiger partial charge on any atom is -0.311 e. The first-order valence-corrected chi connectivity index (χ1v) is 29.9. The molecule has 13 aromatic rings. The molecule has 0 amide bonds. The van der Waals surface area contributed by atoms with E-state index in [0.29, 0.717) is 0 Å². The van der Waals surface area contributed by atoms with Crippen LogP contribution in [0.25, 0.3) is 0 Å². The fourth-order valence-corrected chi connectivity index (χ4v) is 14.6. The Kier molecular flexibility index (Phi) is 11.8. The lowest BCUT2D eigenvalue weighted by Gasteiger charge is -2.47. The first kappa shape index (κ1) is 49.6. The molecule has 4 aliphatic rings. The Hall–Kier alpha value is -11.0. The second-order valence-electron chi connectivity index (χ2n) is 22.8. The van der Waals surface area contributed by atoms with Crippen LogP contribution in [-0.2, 0) is 0 Å². The molecule has 17 rings (SSSR count).